The average Bonchev–Trinajstić information content (AvgIpc) is 3.05. The van der Waals surface area contributed by atoms with Crippen LogP contribution < -0.4 is 5.32 Å². The molecule has 0 bridgehead atoms. The summed E-state index contributed by atoms with van der Waals surface area (Å²) in [6.07, 6.45) is 1.70. The number of nitrogens with one attached hydrogen (secondary N) is 1. The number of aromatic nitrogens is 2. The predicted molar refractivity (Wildman–Crippen MR) is 95.6 cm³/mol. The molecule has 1 amide bonds. The highest BCUT2D eigenvalue weighted by atomic mass is 16.5. The number of rotatable bonds is 6. The first kappa shape index (κ1) is 19.2. The summed E-state index contributed by atoms with van der Waals surface area (Å²) in [4.78, 5) is 24.0. The van der Waals surface area contributed by atoms with E-state index in [-0.39, 0.29) is 5.92 Å². The summed E-state index contributed by atoms with van der Waals surface area (Å²) in [5.41, 5.74) is 1.12. The monoisotopic (exact) mass is 354 g/mol. The Kier molecular flexibility index (Phi) is 5.78. The largest absolute Gasteiger partial charge is 0.452 e. The topological polar surface area (TPSA) is 97.0 Å². The molecule has 7 nitrogen and oxygen atoms in total. The zero-order valence-electron chi connectivity index (χ0n) is 15.3. The van der Waals surface area contributed by atoms with Crippen LogP contribution in [0.2, 0.25) is 0 Å². The second-order valence-electron chi connectivity index (χ2n) is 6.52. The summed E-state index contributed by atoms with van der Waals surface area (Å²) in [6.45, 7) is 6.78. The van der Waals surface area contributed by atoms with E-state index in [1.165, 1.54) is 0 Å². The van der Waals surface area contributed by atoms with Crippen LogP contribution in [0.5, 0.6) is 0 Å². The number of ether oxygens (including phenoxy) is 1. The van der Waals surface area contributed by atoms with Gasteiger partial charge in [-0.1, -0.05) is 13.8 Å². The summed E-state index contributed by atoms with van der Waals surface area (Å²) in [5.74, 6) is -1.20. The highest BCUT2D eigenvalue weighted by Gasteiger charge is 2.30. The molecule has 2 aromatic rings. The molecule has 0 fully saturated rings. The van der Waals surface area contributed by atoms with Crippen LogP contribution in [-0.4, -0.2) is 33.8 Å². The fraction of sp³-hybridized carbons (Fsp3) is 0.368. The van der Waals surface area contributed by atoms with E-state index < -0.39 is 24.0 Å². The summed E-state index contributed by atoms with van der Waals surface area (Å²) in [6, 6.07) is 10.7. The van der Waals surface area contributed by atoms with Crippen molar-refractivity contribution in [3.05, 3.63) is 47.8 Å². The molecule has 0 saturated carbocycles. The van der Waals surface area contributed by atoms with Crippen LogP contribution in [0.4, 0.5) is 0 Å². The van der Waals surface area contributed by atoms with Gasteiger partial charge in [-0.3, -0.25) is 4.79 Å². The lowest BCUT2D eigenvalue weighted by atomic mass is 9.90. The predicted octanol–water partition coefficient (Wildman–Crippen LogP) is 2.39. The molecule has 0 unspecified atom stereocenters. The first-order chi connectivity index (χ1) is 12.3. The molecule has 0 aliphatic heterocycles. The quantitative estimate of drug-likeness (QED) is 0.803. The molecule has 136 valence electrons. The van der Waals surface area contributed by atoms with E-state index >= 15 is 0 Å². The Morgan fingerprint density at radius 2 is 1.96 bits per heavy atom. The van der Waals surface area contributed by atoms with Gasteiger partial charge >= 0.3 is 5.97 Å². The lowest BCUT2D eigenvalue weighted by Crippen LogP contribution is -2.50. The van der Waals surface area contributed by atoms with Crippen molar-refractivity contribution in [2.45, 2.75) is 33.2 Å². The van der Waals surface area contributed by atoms with E-state index in [0.717, 1.165) is 11.4 Å². The summed E-state index contributed by atoms with van der Waals surface area (Å²) in [7, 11) is 0. The maximum atomic E-state index is 12.1. The standard InChI is InChI=1S/C19H22N4O3/c1-13(2)19(4,12-20)22-17(24)11-26-18(25)15-5-7-16(8-6-15)23-14(3)9-10-21-23/h5-10,13H,11H2,1-4H3,(H,22,24)/t19-/m0/s1. The van der Waals surface area contributed by atoms with E-state index in [2.05, 4.69) is 16.5 Å². The number of hydrogen-bond donors (Lipinski definition) is 1. The van der Waals surface area contributed by atoms with Crippen molar-refractivity contribution in [1.29, 1.82) is 5.26 Å². The molecular weight excluding hydrogens is 332 g/mol. The minimum Gasteiger partial charge on any atom is -0.452 e. The number of hydrogen-bond acceptors (Lipinski definition) is 5. The molecule has 1 aromatic heterocycles. The van der Waals surface area contributed by atoms with E-state index in [4.69, 9.17) is 4.74 Å². The first-order valence-electron chi connectivity index (χ1n) is 8.27. The normalized spacial score (nSPS) is 12.9. The van der Waals surface area contributed by atoms with Crippen molar-refractivity contribution >= 4 is 11.9 Å². The number of aryl methyl sites for hydroxylation is 1. The van der Waals surface area contributed by atoms with Crippen molar-refractivity contribution < 1.29 is 14.3 Å². The number of amides is 1. The van der Waals surface area contributed by atoms with Crippen LogP contribution in [0.3, 0.4) is 0 Å². The molecule has 1 heterocycles. The molecule has 1 atom stereocenters. The van der Waals surface area contributed by atoms with Crippen LogP contribution in [-0.2, 0) is 9.53 Å². The zero-order chi connectivity index (χ0) is 19.3. The fourth-order valence-electron chi connectivity index (χ4n) is 2.22. The molecule has 0 saturated heterocycles. The van der Waals surface area contributed by atoms with E-state index in [9.17, 15) is 14.9 Å². The summed E-state index contributed by atoms with van der Waals surface area (Å²) < 4.78 is 6.78. The Bertz CT molecular complexity index is 833. The summed E-state index contributed by atoms with van der Waals surface area (Å²) in [5, 5.41) is 16.0. The third kappa shape index (κ3) is 4.28. The van der Waals surface area contributed by atoms with Gasteiger partial charge in [-0.05, 0) is 50.1 Å². The molecule has 0 radical (unpaired) electrons. The Hall–Kier alpha value is -3.14. The lowest BCUT2D eigenvalue weighted by molar-refractivity contribution is -0.125. The first-order valence-corrected chi connectivity index (χ1v) is 8.27. The number of carbonyl (C=O) groups is 2. The van der Waals surface area contributed by atoms with E-state index in [0.29, 0.717) is 5.56 Å². The molecule has 1 N–H and O–H groups in total. The Balaban J connectivity index is 1.95. The molecule has 0 spiro atoms. The van der Waals surface area contributed by atoms with Gasteiger partial charge < -0.3 is 10.1 Å². The van der Waals surface area contributed by atoms with Crippen LogP contribution in [0.25, 0.3) is 5.69 Å². The smallest absolute Gasteiger partial charge is 0.338 e. The summed E-state index contributed by atoms with van der Waals surface area (Å²) >= 11 is 0. The number of benzene rings is 1. The number of esters is 1. The maximum Gasteiger partial charge on any atom is 0.338 e. The molecule has 7 heteroatoms. The number of carbonyl (C=O) groups excluding carboxylic acids is 2. The number of nitrogens with zero attached hydrogens (tertiary/aromatic N) is 3. The SMILES string of the molecule is Cc1ccnn1-c1ccc(C(=O)OCC(=O)N[C@@](C)(C#N)C(C)C)cc1. The van der Waals surface area contributed by atoms with Crippen LogP contribution in [0.1, 0.15) is 36.8 Å². The minimum absolute atomic E-state index is 0.0783. The maximum absolute atomic E-state index is 12.1. The van der Waals surface area contributed by atoms with Crippen molar-refractivity contribution in [1.82, 2.24) is 15.1 Å². The van der Waals surface area contributed by atoms with Gasteiger partial charge in [-0.2, -0.15) is 10.4 Å². The van der Waals surface area contributed by atoms with E-state index in [1.807, 2.05) is 26.8 Å². The lowest BCUT2D eigenvalue weighted by Gasteiger charge is -2.27. The highest BCUT2D eigenvalue weighted by molar-refractivity contribution is 5.91. The van der Waals surface area contributed by atoms with Crippen LogP contribution >= 0.6 is 0 Å². The molecule has 0 aliphatic rings. The van der Waals surface area contributed by atoms with E-state index in [1.54, 1.807) is 42.1 Å². The third-order valence-electron chi connectivity index (χ3n) is 4.30. The second kappa shape index (κ2) is 7.83. The van der Waals surface area contributed by atoms with Gasteiger partial charge in [0, 0.05) is 11.9 Å². The Labute approximate surface area is 152 Å². The fourth-order valence-corrected chi connectivity index (χ4v) is 2.22. The van der Waals surface area contributed by atoms with Gasteiger partial charge in [0.2, 0.25) is 0 Å². The van der Waals surface area contributed by atoms with Crippen molar-refractivity contribution in [3.8, 4) is 11.8 Å². The average molecular weight is 354 g/mol. The minimum atomic E-state index is -1.01. The van der Waals surface area contributed by atoms with Gasteiger partial charge in [0.25, 0.3) is 5.91 Å². The molecule has 0 aliphatic carbocycles. The zero-order valence-corrected chi connectivity index (χ0v) is 15.3. The van der Waals surface area contributed by atoms with Crippen LogP contribution in [0.15, 0.2) is 36.5 Å². The van der Waals surface area contributed by atoms with Gasteiger partial charge in [0.05, 0.1) is 17.3 Å². The Morgan fingerprint density at radius 1 is 1.31 bits per heavy atom. The molecular formula is C19H22N4O3. The third-order valence-corrected chi connectivity index (χ3v) is 4.30. The molecule has 2 rings (SSSR count). The molecule has 26 heavy (non-hydrogen) atoms. The molecule has 1 aromatic carbocycles. The van der Waals surface area contributed by atoms with Crippen molar-refractivity contribution in [3.63, 3.8) is 0 Å². The van der Waals surface area contributed by atoms with Gasteiger partial charge in [-0.25, -0.2) is 9.48 Å². The van der Waals surface area contributed by atoms with Gasteiger partial charge in [0.1, 0.15) is 5.54 Å². The second-order valence-corrected chi connectivity index (χ2v) is 6.52. The van der Waals surface area contributed by atoms with Crippen molar-refractivity contribution in [2.24, 2.45) is 5.92 Å². The number of nitriles is 1. The van der Waals surface area contributed by atoms with Crippen molar-refractivity contribution in [2.75, 3.05) is 6.61 Å². The van der Waals surface area contributed by atoms with Gasteiger partial charge in [0.15, 0.2) is 6.61 Å². The Morgan fingerprint density at radius 3 is 2.46 bits per heavy atom. The van der Waals surface area contributed by atoms with Crippen LogP contribution in [0, 0.1) is 24.2 Å². The van der Waals surface area contributed by atoms with Gasteiger partial charge in [-0.15, -0.1) is 0 Å². The highest BCUT2D eigenvalue weighted by Crippen LogP contribution is 2.15.